The molecule has 1 aromatic carbocycles. The van der Waals surface area contributed by atoms with Crippen molar-refractivity contribution in [1.82, 2.24) is 9.78 Å². The summed E-state index contributed by atoms with van der Waals surface area (Å²) < 4.78 is 7.70. The molecule has 5 nitrogen and oxygen atoms in total. The number of nitrogens with zero attached hydrogens (tertiary/aromatic N) is 2. The molecule has 0 saturated heterocycles. The first-order chi connectivity index (χ1) is 10.2. The number of halogens is 1. The maximum Gasteiger partial charge on any atom is 0.269 e. The fraction of sp³-hybridized carbons (Fsp3) is 0.333. The first kappa shape index (κ1) is 14.1. The van der Waals surface area contributed by atoms with Crippen LogP contribution in [0.15, 0.2) is 39.7 Å². The molecule has 0 aliphatic heterocycles. The van der Waals surface area contributed by atoms with Gasteiger partial charge in [0.05, 0.1) is 25.5 Å². The number of aromatic nitrogens is 2. The largest absolute Gasteiger partial charge is 0.496 e. The molecule has 3 rings (SSSR count). The van der Waals surface area contributed by atoms with Gasteiger partial charge in [-0.05, 0) is 31.0 Å². The third-order valence-corrected chi connectivity index (χ3v) is 3.87. The molecular formula is C15H16BrN3O2. The Balaban J connectivity index is 1.84. The molecule has 0 unspecified atom stereocenters. The second-order valence-corrected chi connectivity index (χ2v) is 6.03. The summed E-state index contributed by atoms with van der Waals surface area (Å²) in [4.78, 5) is 12.1. The smallest absolute Gasteiger partial charge is 0.269 e. The minimum atomic E-state index is -0.123. The zero-order chi connectivity index (χ0) is 14.8. The van der Waals surface area contributed by atoms with Crippen molar-refractivity contribution in [2.75, 3.05) is 12.4 Å². The van der Waals surface area contributed by atoms with Gasteiger partial charge in [0.2, 0.25) is 0 Å². The van der Waals surface area contributed by atoms with E-state index in [4.69, 9.17) is 4.74 Å². The van der Waals surface area contributed by atoms with Crippen LogP contribution in [0.3, 0.4) is 0 Å². The highest BCUT2D eigenvalue weighted by atomic mass is 79.9. The summed E-state index contributed by atoms with van der Waals surface area (Å²) in [5, 5.41) is 7.50. The number of nitrogens with one attached hydrogen (secondary N) is 1. The molecule has 0 atom stereocenters. The van der Waals surface area contributed by atoms with E-state index in [1.807, 2.05) is 18.2 Å². The predicted octanol–water partition coefficient (Wildman–Crippen LogP) is 2.64. The monoisotopic (exact) mass is 349 g/mol. The molecule has 1 N–H and O–H groups in total. The number of hydrogen-bond acceptors (Lipinski definition) is 4. The quantitative estimate of drug-likeness (QED) is 0.901. The molecule has 6 heteroatoms. The van der Waals surface area contributed by atoms with Crippen molar-refractivity contribution in [2.24, 2.45) is 0 Å². The Morgan fingerprint density at radius 1 is 1.43 bits per heavy atom. The van der Waals surface area contributed by atoms with Crippen molar-refractivity contribution in [1.29, 1.82) is 0 Å². The molecule has 1 aliphatic rings. The van der Waals surface area contributed by atoms with Crippen LogP contribution >= 0.6 is 15.9 Å². The number of rotatable bonds is 5. The Labute approximate surface area is 131 Å². The van der Waals surface area contributed by atoms with Crippen molar-refractivity contribution in [3.63, 3.8) is 0 Å². The van der Waals surface area contributed by atoms with E-state index < -0.39 is 0 Å². The summed E-state index contributed by atoms with van der Waals surface area (Å²) in [6.07, 6.45) is 4.03. The third kappa shape index (κ3) is 3.44. The molecule has 0 bridgehead atoms. The van der Waals surface area contributed by atoms with Crippen LogP contribution < -0.4 is 15.6 Å². The first-order valence-corrected chi connectivity index (χ1v) is 7.61. The Kier molecular flexibility index (Phi) is 3.96. The molecular weight excluding hydrogens is 334 g/mol. The fourth-order valence-electron chi connectivity index (χ4n) is 2.13. The van der Waals surface area contributed by atoms with Gasteiger partial charge in [-0.15, -0.1) is 0 Å². The summed E-state index contributed by atoms with van der Waals surface area (Å²) in [6.45, 7) is 0.380. The van der Waals surface area contributed by atoms with Crippen LogP contribution in [0.5, 0.6) is 5.75 Å². The molecule has 1 fully saturated rings. The van der Waals surface area contributed by atoms with Crippen molar-refractivity contribution in [3.8, 4) is 5.75 Å². The molecule has 1 heterocycles. The van der Waals surface area contributed by atoms with Gasteiger partial charge in [0.15, 0.2) is 0 Å². The lowest BCUT2D eigenvalue weighted by atomic mass is 10.2. The molecule has 21 heavy (non-hydrogen) atoms. The summed E-state index contributed by atoms with van der Waals surface area (Å²) in [5.74, 6) is 0.743. The summed E-state index contributed by atoms with van der Waals surface area (Å²) >= 11 is 3.43. The molecule has 0 spiro atoms. The molecule has 0 amide bonds. The number of anilines is 1. The highest BCUT2D eigenvalue weighted by Gasteiger charge is 2.21. The van der Waals surface area contributed by atoms with Crippen LogP contribution in [0, 0.1) is 0 Å². The second kappa shape index (κ2) is 5.89. The molecule has 110 valence electrons. The van der Waals surface area contributed by atoms with E-state index >= 15 is 0 Å². The van der Waals surface area contributed by atoms with Gasteiger partial charge < -0.3 is 10.1 Å². The third-order valence-electron chi connectivity index (χ3n) is 3.38. The summed E-state index contributed by atoms with van der Waals surface area (Å²) in [7, 11) is 1.62. The lowest BCUT2D eigenvalue weighted by Gasteiger charge is -2.11. The van der Waals surface area contributed by atoms with Crippen molar-refractivity contribution in [2.45, 2.75) is 25.4 Å². The number of methoxy groups -OCH3 is 1. The Morgan fingerprint density at radius 3 is 2.90 bits per heavy atom. The van der Waals surface area contributed by atoms with Crippen molar-refractivity contribution >= 4 is 21.6 Å². The first-order valence-electron chi connectivity index (χ1n) is 6.82. The highest BCUT2D eigenvalue weighted by molar-refractivity contribution is 9.10. The molecule has 1 aliphatic carbocycles. The van der Waals surface area contributed by atoms with Gasteiger partial charge in [-0.25, -0.2) is 4.68 Å². The Bertz CT molecular complexity index is 710. The van der Waals surface area contributed by atoms with Crippen LogP contribution in [-0.4, -0.2) is 22.9 Å². The van der Waals surface area contributed by atoms with Gasteiger partial charge in [-0.2, -0.15) is 5.10 Å². The SMILES string of the molecule is COc1ccc(Br)cc1Cn1ncc(NC2CC2)cc1=O. The molecule has 2 aromatic rings. The van der Waals surface area contributed by atoms with Crippen LogP contribution in [0.1, 0.15) is 18.4 Å². The fourth-order valence-corrected chi connectivity index (χ4v) is 2.54. The number of ether oxygens (including phenoxy) is 1. The van der Waals surface area contributed by atoms with Crippen molar-refractivity contribution < 1.29 is 4.74 Å². The molecule has 1 aromatic heterocycles. The maximum atomic E-state index is 12.1. The van der Waals surface area contributed by atoms with E-state index in [1.54, 1.807) is 19.4 Å². The second-order valence-electron chi connectivity index (χ2n) is 5.11. The minimum Gasteiger partial charge on any atom is -0.496 e. The molecule has 1 saturated carbocycles. The van der Waals surface area contributed by atoms with E-state index in [1.165, 1.54) is 17.5 Å². The highest BCUT2D eigenvalue weighted by Crippen LogP contribution is 2.24. The van der Waals surface area contributed by atoms with Gasteiger partial charge in [0.1, 0.15) is 5.75 Å². The predicted molar refractivity (Wildman–Crippen MR) is 84.9 cm³/mol. The average molecular weight is 350 g/mol. The lowest BCUT2D eigenvalue weighted by molar-refractivity contribution is 0.406. The Morgan fingerprint density at radius 2 is 2.24 bits per heavy atom. The lowest BCUT2D eigenvalue weighted by Crippen LogP contribution is -2.23. The van der Waals surface area contributed by atoms with E-state index in [2.05, 4.69) is 26.3 Å². The Hall–Kier alpha value is -1.82. The number of benzene rings is 1. The van der Waals surface area contributed by atoms with Gasteiger partial charge in [-0.3, -0.25) is 4.79 Å². The van der Waals surface area contributed by atoms with E-state index in [0.29, 0.717) is 12.6 Å². The van der Waals surface area contributed by atoms with Gasteiger partial charge in [0.25, 0.3) is 5.56 Å². The van der Waals surface area contributed by atoms with Crippen LogP contribution in [0.25, 0.3) is 0 Å². The summed E-state index contributed by atoms with van der Waals surface area (Å²) in [6, 6.07) is 7.81. The number of hydrogen-bond donors (Lipinski definition) is 1. The normalized spacial score (nSPS) is 14.0. The van der Waals surface area contributed by atoms with E-state index in [0.717, 1.165) is 21.5 Å². The minimum absolute atomic E-state index is 0.123. The zero-order valence-electron chi connectivity index (χ0n) is 11.7. The van der Waals surface area contributed by atoms with E-state index in [-0.39, 0.29) is 5.56 Å². The average Bonchev–Trinajstić information content (AvgIpc) is 3.26. The standard InChI is InChI=1S/C15H16BrN3O2/c1-21-14-5-2-11(16)6-10(14)9-19-15(20)7-13(8-17-19)18-12-3-4-12/h2,5-8,12,18H,3-4,9H2,1H3. The van der Waals surface area contributed by atoms with Gasteiger partial charge in [0, 0.05) is 22.1 Å². The van der Waals surface area contributed by atoms with E-state index in [9.17, 15) is 4.79 Å². The van der Waals surface area contributed by atoms with Gasteiger partial charge in [-0.1, -0.05) is 15.9 Å². The van der Waals surface area contributed by atoms with Crippen molar-refractivity contribution in [3.05, 3.63) is 50.9 Å². The zero-order valence-corrected chi connectivity index (χ0v) is 13.3. The van der Waals surface area contributed by atoms with Gasteiger partial charge >= 0.3 is 0 Å². The van der Waals surface area contributed by atoms with Crippen LogP contribution in [-0.2, 0) is 6.54 Å². The topological polar surface area (TPSA) is 56.1 Å². The summed E-state index contributed by atoms with van der Waals surface area (Å²) in [5.41, 5.74) is 1.58. The maximum absolute atomic E-state index is 12.1. The van der Waals surface area contributed by atoms with Crippen LogP contribution in [0.4, 0.5) is 5.69 Å². The molecule has 0 radical (unpaired) electrons. The van der Waals surface area contributed by atoms with Crippen LogP contribution in [0.2, 0.25) is 0 Å².